The van der Waals surface area contributed by atoms with Crippen LogP contribution in [-0.4, -0.2) is 15.7 Å². The number of aromatic nitrogens is 1. The maximum absolute atomic E-state index is 12.9. The lowest BCUT2D eigenvalue weighted by Crippen LogP contribution is -2.27. The lowest BCUT2D eigenvalue weighted by molar-refractivity contribution is -0.384. The van der Waals surface area contributed by atoms with E-state index in [9.17, 15) is 14.9 Å². The van der Waals surface area contributed by atoms with Gasteiger partial charge in [-0.3, -0.25) is 19.9 Å². The van der Waals surface area contributed by atoms with Crippen molar-refractivity contribution in [3.8, 4) is 0 Å². The Kier molecular flexibility index (Phi) is 3.72. The van der Waals surface area contributed by atoms with Crippen molar-refractivity contribution in [3.63, 3.8) is 0 Å². The number of nitro groups is 1. The number of pyridine rings is 1. The first-order valence-corrected chi connectivity index (χ1v) is 9.29. The van der Waals surface area contributed by atoms with Gasteiger partial charge in [0.25, 0.3) is 5.69 Å². The fourth-order valence-electron chi connectivity index (χ4n) is 4.38. The number of benzene rings is 2. The van der Waals surface area contributed by atoms with Gasteiger partial charge in [-0.15, -0.1) is 0 Å². The summed E-state index contributed by atoms with van der Waals surface area (Å²) in [4.78, 5) is 28.3. The molecule has 2 aromatic carbocycles. The van der Waals surface area contributed by atoms with Gasteiger partial charge in [0.1, 0.15) is 0 Å². The minimum Gasteiger partial charge on any atom is -0.358 e. The van der Waals surface area contributed by atoms with Crippen molar-refractivity contribution in [2.24, 2.45) is 0 Å². The van der Waals surface area contributed by atoms with Crippen LogP contribution in [0.2, 0.25) is 0 Å². The quantitative estimate of drug-likeness (QED) is 0.521. The molecule has 0 bridgehead atoms. The van der Waals surface area contributed by atoms with Crippen molar-refractivity contribution in [1.82, 2.24) is 4.98 Å². The third-order valence-corrected chi connectivity index (χ3v) is 5.56. The molecule has 1 aliphatic heterocycles. The third kappa shape index (κ3) is 2.49. The molecule has 1 unspecified atom stereocenters. The zero-order valence-electron chi connectivity index (χ0n) is 15.0. The van der Waals surface area contributed by atoms with Crippen LogP contribution < -0.4 is 5.32 Å². The number of Topliss-reactive ketones (excluding diaryl/α,β-unsaturated/α-hetero) is 1. The first kappa shape index (κ1) is 16.6. The molecule has 0 radical (unpaired) electrons. The summed E-state index contributed by atoms with van der Waals surface area (Å²) in [5.74, 6) is -0.233. The second-order valence-corrected chi connectivity index (χ2v) is 7.18. The highest BCUT2D eigenvalue weighted by molar-refractivity contribution is 6.03. The Bertz CT molecular complexity index is 1180. The summed E-state index contributed by atoms with van der Waals surface area (Å²) in [5.41, 5.74) is 5.19. The molecule has 0 fully saturated rings. The molecule has 1 aromatic heterocycles. The topological polar surface area (TPSA) is 85.1 Å². The van der Waals surface area contributed by atoms with Crippen LogP contribution in [0.3, 0.4) is 0 Å². The predicted molar refractivity (Wildman–Crippen MR) is 106 cm³/mol. The van der Waals surface area contributed by atoms with Crippen LogP contribution in [0.15, 0.2) is 66.0 Å². The number of hydrogen-bond acceptors (Lipinski definition) is 5. The van der Waals surface area contributed by atoms with Gasteiger partial charge in [0.05, 0.1) is 10.4 Å². The van der Waals surface area contributed by atoms with E-state index in [2.05, 4.69) is 10.3 Å². The summed E-state index contributed by atoms with van der Waals surface area (Å²) in [6.07, 6.45) is 3.86. The molecule has 0 saturated carbocycles. The standard InChI is InChI=1S/C22H17N3O3/c26-19-8-2-7-17-22(19)20(13-4-1-5-14(12-13)25(27)28)21-15-6-3-11-23-16(15)9-10-18(21)24-17/h1,3-6,9-12,20,24H,2,7-8H2. The fourth-order valence-corrected chi connectivity index (χ4v) is 4.38. The van der Waals surface area contributed by atoms with Gasteiger partial charge in [0, 0.05) is 53.0 Å². The molecule has 1 aliphatic carbocycles. The summed E-state index contributed by atoms with van der Waals surface area (Å²) in [7, 11) is 0. The van der Waals surface area contributed by atoms with Crippen LogP contribution in [0, 0.1) is 10.1 Å². The Hall–Kier alpha value is -3.54. The third-order valence-electron chi connectivity index (χ3n) is 5.56. The van der Waals surface area contributed by atoms with Crippen molar-refractivity contribution in [1.29, 1.82) is 0 Å². The maximum atomic E-state index is 12.9. The van der Waals surface area contributed by atoms with Gasteiger partial charge in [-0.1, -0.05) is 18.2 Å². The highest BCUT2D eigenvalue weighted by Gasteiger charge is 2.36. The molecular weight excluding hydrogens is 354 g/mol. The minimum atomic E-state index is -0.395. The summed E-state index contributed by atoms with van der Waals surface area (Å²) in [6, 6.07) is 14.4. The number of fused-ring (bicyclic) bond motifs is 3. The molecule has 138 valence electrons. The van der Waals surface area contributed by atoms with E-state index in [0.717, 1.165) is 51.8 Å². The minimum absolute atomic E-state index is 0.0290. The van der Waals surface area contributed by atoms with Crippen LogP contribution in [-0.2, 0) is 4.79 Å². The number of hydrogen-bond donors (Lipinski definition) is 1. The van der Waals surface area contributed by atoms with Gasteiger partial charge in [-0.25, -0.2) is 0 Å². The van der Waals surface area contributed by atoms with Crippen LogP contribution >= 0.6 is 0 Å². The molecule has 0 saturated heterocycles. The van der Waals surface area contributed by atoms with E-state index in [1.807, 2.05) is 30.3 Å². The number of non-ortho nitro benzene ring substituents is 1. The van der Waals surface area contributed by atoms with E-state index < -0.39 is 4.92 Å². The van der Waals surface area contributed by atoms with Gasteiger partial charge in [0.15, 0.2) is 5.78 Å². The first-order chi connectivity index (χ1) is 13.6. The average Bonchev–Trinajstić information content (AvgIpc) is 2.72. The van der Waals surface area contributed by atoms with Crippen molar-refractivity contribution in [2.45, 2.75) is 25.2 Å². The van der Waals surface area contributed by atoms with Crippen molar-refractivity contribution < 1.29 is 9.72 Å². The zero-order chi connectivity index (χ0) is 19.3. The number of carbonyl (C=O) groups is 1. The van der Waals surface area contributed by atoms with E-state index in [1.54, 1.807) is 18.3 Å². The molecule has 3 aromatic rings. The molecule has 5 rings (SSSR count). The maximum Gasteiger partial charge on any atom is 0.269 e. The first-order valence-electron chi connectivity index (χ1n) is 9.29. The normalized spacial score (nSPS) is 18.4. The van der Waals surface area contributed by atoms with Gasteiger partial charge in [0.2, 0.25) is 0 Å². The molecule has 2 aliphatic rings. The second kappa shape index (κ2) is 6.27. The Morgan fingerprint density at radius 3 is 2.86 bits per heavy atom. The molecule has 0 spiro atoms. The van der Waals surface area contributed by atoms with E-state index >= 15 is 0 Å². The van der Waals surface area contributed by atoms with Gasteiger partial charge < -0.3 is 5.32 Å². The van der Waals surface area contributed by atoms with Gasteiger partial charge >= 0.3 is 0 Å². The van der Waals surface area contributed by atoms with Crippen molar-refractivity contribution >= 4 is 28.1 Å². The predicted octanol–water partition coefficient (Wildman–Crippen LogP) is 4.71. The van der Waals surface area contributed by atoms with Crippen LogP contribution in [0.4, 0.5) is 11.4 Å². The number of nitrogens with zero attached hydrogens (tertiary/aromatic N) is 2. The molecule has 1 N–H and O–H groups in total. The molecule has 1 atom stereocenters. The number of nitrogens with one attached hydrogen (secondary N) is 1. The smallest absolute Gasteiger partial charge is 0.269 e. The van der Waals surface area contributed by atoms with E-state index in [-0.39, 0.29) is 17.4 Å². The summed E-state index contributed by atoms with van der Waals surface area (Å²) in [6.45, 7) is 0. The number of anilines is 1. The van der Waals surface area contributed by atoms with E-state index in [1.165, 1.54) is 6.07 Å². The Balaban J connectivity index is 1.83. The molecule has 28 heavy (non-hydrogen) atoms. The number of nitro benzene ring substituents is 1. The molecular formula is C22H17N3O3. The highest BCUT2D eigenvalue weighted by Crippen LogP contribution is 2.48. The lowest BCUT2D eigenvalue weighted by atomic mass is 9.74. The largest absolute Gasteiger partial charge is 0.358 e. The van der Waals surface area contributed by atoms with E-state index in [0.29, 0.717) is 6.42 Å². The van der Waals surface area contributed by atoms with E-state index in [4.69, 9.17) is 0 Å². The molecule has 2 heterocycles. The monoisotopic (exact) mass is 371 g/mol. The summed E-state index contributed by atoms with van der Waals surface area (Å²) < 4.78 is 0. The lowest BCUT2D eigenvalue weighted by Gasteiger charge is -2.34. The molecule has 6 heteroatoms. The number of allylic oxidation sites excluding steroid dienone is 2. The van der Waals surface area contributed by atoms with Gasteiger partial charge in [-0.05, 0) is 42.2 Å². The molecule has 0 amide bonds. The summed E-state index contributed by atoms with van der Waals surface area (Å²) in [5, 5.41) is 15.8. The Labute approximate surface area is 161 Å². The van der Waals surface area contributed by atoms with Crippen molar-refractivity contribution in [2.75, 3.05) is 5.32 Å². The van der Waals surface area contributed by atoms with Crippen LogP contribution in [0.25, 0.3) is 10.9 Å². The Morgan fingerprint density at radius 1 is 1.11 bits per heavy atom. The molecule has 6 nitrogen and oxygen atoms in total. The summed E-state index contributed by atoms with van der Waals surface area (Å²) >= 11 is 0. The van der Waals surface area contributed by atoms with Crippen molar-refractivity contribution in [3.05, 3.63) is 87.2 Å². The number of carbonyl (C=O) groups excluding carboxylic acids is 1. The average molecular weight is 371 g/mol. The van der Waals surface area contributed by atoms with Crippen LogP contribution in [0.5, 0.6) is 0 Å². The second-order valence-electron chi connectivity index (χ2n) is 7.18. The fraction of sp³-hybridized carbons (Fsp3) is 0.182. The van der Waals surface area contributed by atoms with Gasteiger partial charge in [-0.2, -0.15) is 0 Å². The zero-order valence-corrected chi connectivity index (χ0v) is 15.0. The highest BCUT2D eigenvalue weighted by atomic mass is 16.6. The Morgan fingerprint density at radius 2 is 2.00 bits per heavy atom. The SMILES string of the molecule is O=C1CCCC2=C1C(c1cccc([N+](=O)[O-])c1)c1c(ccc3ncccc13)N2. The number of ketones is 1. The van der Waals surface area contributed by atoms with Crippen LogP contribution in [0.1, 0.15) is 36.3 Å². The number of rotatable bonds is 2.